The molecular weight excluding hydrogens is 272 g/mol. The van der Waals surface area contributed by atoms with Crippen LogP contribution in [0.2, 0.25) is 4.34 Å². The second-order valence-corrected chi connectivity index (χ2v) is 5.47. The Labute approximate surface area is 94.4 Å². The van der Waals surface area contributed by atoms with Gasteiger partial charge in [-0.2, -0.15) is 0 Å². The Kier molecular flexibility index (Phi) is 2.91. The zero-order chi connectivity index (χ0) is 9.26. The highest BCUT2D eigenvalue weighted by Crippen LogP contribution is 2.29. The lowest BCUT2D eigenvalue weighted by Crippen LogP contribution is -2.28. The molecule has 2 rings (SSSR count). The first-order chi connectivity index (χ1) is 6.25. The van der Waals surface area contributed by atoms with Crippen molar-refractivity contribution in [3.8, 4) is 0 Å². The summed E-state index contributed by atoms with van der Waals surface area (Å²) in [6.07, 6.45) is 4.97. The molecule has 0 fully saturated rings. The molecule has 0 atom stereocenters. The molecule has 1 aliphatic heterocycles. The van der Waals surface area contributed by atoms with E-state index < -0.39 is 0 Å². The van der Waals surface area contributed by atoms with Gasteiger partial charge >= 0.3 is 0 Å². The molecule has 0 unspecified atom stereocenters. The van der Waals surface area contributed by atoms with E-state index in [4.69, 9.17) is 11.6 Å². The van der Waals surface area contributed by atoms with Gasteiger partial charge in [-0.1, -0.05) is 44.9 Å². The fourth-order valence-corrected chi connectivity index (χ4v) is 2.72. The average molecular weight is 280 g/mol. The van der Waals surface area contributed by atoms with E-state index in [1.54, 1.807) is 6.20 Å². The van der Waals surface area contributed by atoms with Crippen LogP contribution in [0.3, 0.4) is 0 Å². The predicted octanol–water partition coefficient (Wildman–Crippen LogP) is 3.29. The molecule has 0 spiro atoms. The van der Waals surface area contributed by atoms with Crippen molar-refractivity contribution in [1.82, 2.24) is 4.98 Å². The van der Waals surface area contributed by atoms with Crippen LogP contribution in [0.1, 0.15) is 6.42 Å². The van der Waals surface area contributed by atoms with E-state index in [-0.39, 0.29) is 0 Å². The predicted molar refractivity (Wildman–Crippen MR) is 61.0 cm³/mol. The summed E-state index contributed by atoms with van der Waals surface area (Å²) >= 11 is 10.8. The number of hydrogen-bond donors (Lipinski definition) is 0. The average Bonchev–Trinajstić information content (AvgIpc) is 2.52. The fourth-order valence-electron chi connectivity index (χ4n) is 1.26. The van der Waals surface area contributed by atoms with E-state index in [0.717, 1.165) is 29.0 Å². The van der Waals surface area contributed by atoms with Crippen LogP contribution in [-0.2, 0) is 0 Å². The minimum Gasteiger partial charge on any atom is -0.343 e. The van der Waals surface area contributed by atoms with Gasteiger partial charge in [0.1, 0.15) is 4.34 Å². The Morgan fingerprint density at radius 2 is 2.46 bits per heavy atom. The van der Waals surface area contributed by atoms with Crippen molar-refractivity contribution in [3.05, 3.63) is 21.1 Å². The van der Waals surface area contributed by atoms with Crippen LogP contribution < -0.4 is 4.90 Å². The monoisotopic (exact) mass is 278 g/mol. The third-order valence-electron chi connectivity index (χ3n) is 1.84. The molecule has 0 saturated carbocycles. The first-order valence-electron chi connectivity index (χ1n) is 3.96. The van der Waals surface area contributed by atoms with E-state index in [9.17, 15) is 0 Å². The standard InChI is InChI=1S/C8H8BrClN2S/c9-6-2-1-3-12(5-6)8-11-4-7(10)13-8/h2,4H,1,3,5H2. The van der Waals surface area contributed by atoms with Gasteiger partial charge in [0.25, 0.3) is 0 Å². The maximum atomic E-state index is 5.82. The van der Waals surface area contributed by atoms with Gasteiger partial charge in [0.05, 0.1) is 12.7 Å². The molecular formula is C8H8BrClN2S. The Bertz CT molecular complexity index is 337. The number of hydrogen-bond acceptors (Lipinski definition) is 3. The highest BCUT2D eigenvalue weighted by Gasteiger charge is 2.14. The topological polar surface area (TPSA) is 16.1 Å². The van der Waals surface area contributed by atoms with Crippen LogP contribution in [0.25, 0.3) is 0 Å². The molecule has 0 aliphatic carbocycles. The lowest BCUT2D eigenvalue weighted by Gasteiger charge is -2.24. The summed E-state index contributed by atoms with van der Waals surface area (Å²) in [6, 6.07) is 0. The van der Waals surface area contributed by atoms with Crippen LogP contribution in [0, 0.1) is 0 Å². The number of aromatic nitrogens is 1. The quantitative estimate of drug-likeness (QED) is 0.784. The van der Waals surface area contributed by atoms with E-state index in [1.807, 2.05) is 0 Å². The normalized spacial score (nSPS) is 17.4. The van der Waals surface area contributed by atoms with Gasteiger partial charge < -0.3 is 4.90 Å². The van der Waals surface area contributed by atoms with Gasteiger partial charge in [0.2, 0.25) is 0 Å². The van der Waals surface area contributed by atoms with Crippen molar-refractivity contribution < 1.29 is 0 Å². The molecule has 2 nitrogen and oxygen atoms in total. The van der Waals surface area contributed by atoms with Crippen molar-refractivity contribution in [2.75, 3.05) is 18.0 Å². The van der Waals surface area contributed by atoms with Gasteiger partial charge in [-0.15, -0.1) is 0 Å². The second kappa shape index (κ2) is 3.98. The maximum absolute atomic E-state index is 5.82. The van der Waals surface area contributed by atoms with Crippen molar-refractivity contribution in [1.29, 1.82) is 0 Å². The number of anilines is 1. The van der Waals surface area contributed by atoms with Crippen LogP contribution in [0.4, 0.5) is 5.13 Å². The molecule has 0 aromatic carbocycles. The number of thiazole rings is 1. The van der Waals surface area contributed by atoms with Crippen LogP contribution in [0.5, 0.6) is 0 Å². The van der Waals surface area contributed by atoms with Crippen LogP contribution >= 0.6 is 38.9 Å². The molecule has 1 aliphatic rings. The zero-order valence-corrected chi connectivity index (χ0v) is 9.99. The Morgan fingerprint density at radius 1 is 1.62 bits per heavy atom. The Balaban J connectivity index is 2.14. The highest BCUT2D eigenvalue weighted by atomic mass is 79.9. The summed E-state index contributed by atoms with van der Waals surface area (Å²) in [5, 5.41) is 1.01. The summed E-state index contributed by atoms with van der Waals surface area (Å²) < 4.78 is 1.98. The van der Waals surface area contributed by atoms with Crippen molar-refractivity contribution >= 4 is 44.0 Å². The fraction of sp³-hybridized carbons (Fsp3) is 0.375. The van der Waals surface area contributed by atoms with E-state index in [0.29, 0.717) is 0 Å². The molecule has 1 aromatic rings. The molecule has 0 amide bonds. The van der Waals surface area contributed by atoms with Gasteiger partial charge in [-0.05, 0) is 6.42 Å². The van der Waals surface area contributed by atoms with Crippen molar-refractivity contribution in [3.63, 3.8) is 0 Å². The number of nitrogens with zero attached hydrogens (tertiary/aromatic N) is 2. The molecule has 0 N–H and O–H groups in total. The second-order valence-electron chi connectivity index (χ2n) is 2.81. The minimum atomic E-state index is 0.751. The molecule has 2 heterocycles. The number of rotatable bonds is 1. The molecule has 5 heteroatoms. The summed E-state index contributed by atoms with van der Waals surface area (Å²) in [4.78, 5) is 6.46. The molecule has 0 saturated heterocycles. The van der Waals surface area contributed by atoms with E-state index >= 15 is 0 Å². The summed E-state index contributed by atoms with van der Waals surface area (Å²) in [7, 11) is 0. The summed E-state index contributed by atoms with van der Waals surface area (Å²) in [6.45, 7) is 1.93. The largest absolute Gasteiger partial charge is 0.343 e. The lowest BCUT2D eigenvalue weighted by atomic mass is 10.3. The first kappa shape index (κ1) is 9.49. The third-order valence-corrected chi connectivity index (χ3v) is 3.59. The summed E-state index contributed by atoms with van der Waals surface area (Å²) in [5.41, 5.74) is 0. The molecule has 70 valence electrons. The summed E-state index contributed by atoms with van der Waals surface area (Å²) in [5.74, 6) is 0. The van der Waals surface area contributed by atoms with E-state index in [2.05, 4.69) is 31.9 Å². The molecule has 1 aromatic heterocycles. The van der Waals surface area contributed by atoms with Gasteiger partial charge in [0, 0.05) is 11.0 Å². The maximum Gasteiger partial charge on any atom is 0.187 e. The SMILES string of the molecule is Clc1cnc(N2CCC=C(Br)C2)s1. The van der Waals surface area contributed by atoms with E-state index in [1.165, 1.54) is 15.8 Å². The smallest absolute Gasteiger partial charge is 0.187 e. The minimum absolute atomic E-state index is 0.751. The molecule has 0 bridgehead atoms. The van der Waals surface area contributed by atoms with Gasteiger partial charge in [-0.3, -0.25) is 0 Å². The number of halogens is 2. The first-order valence-corrected chi connectivity index (χ1v) is 5.95. The molecule has 13 heavy (non-hydrogen) atoms. The molecule has 0 radical (unpaired) electrons. The van der Waals surface area contributed by atoms with Gasteiger partial charge in [0.15, 0.2) is 5.13 Å². The lowest BCUT2D eigenvalue weighted by molar-refractivity contribution is 0.812. The highest BCUT2D eigenvalue weighted by molar-refractivity contribution is 9.11. The zero-order valence-electron chi connectivity index (χ0n) is 6.83. The van der Waals surface area contributed by atoms with Gasteiger partial charge in [-0.25, -0.2) is 4.98 Å². The Morgan fingerprint density at radius 3 is 3.08 bits per heavy atom. The Hall–Kier alpha value is -0.0600. The van der Waals surface area contributed by atoms with Crippen molar-refractivity contribution in [2.24, 2.45) is 0 Å². The van der Waals surface area contributed by atoms with Crippen LogP contribution in [-0.4, -0.2) is 18.1 Å². The van der Waals surface area contributed by atoms with Crippen LogP contribution in [0.15, 0.2) is 16.8 Å². The third kappa shape index (κ3) is 2.24. The van der Waals surface area contributed by atoms with Crippen molar-refractivity contribution in [2.45, 2.75) is 6.42 Å².